The molecule has 0 saturated carbocycles. The molecule has 0 aliphatic heterocycles. The number of benzene rings is 6. The van der Waals surface area contributed by atoms with Gasteiger partial charge in [-0.2, -0.15) is 0 Å². The van der Waals surface area contributed by atoms with Crippen LogP contribution in [0.25, 0.3) is 88.8 Å². The molecule has 5 heteroatoms. The summed E-state index contributed by atoms with van der Waals surface area (Å²) in [6, 6.07) is 45.5. The summed E-state index contributed by atoms with van der Waals surface area (Å²) in [5, 5.41) is 6.49. The predicted molar refractivity (Wildman–Crippen MR) is 182 cm³/mol. The van der Waals surface area contributed by atoms with Crippen LogP contribution in [0.2, 0.25) is 0 Å². The van der Waals surface area contributed by atoms with Crippen molar-refractivity contribution in [3.05, 3.63) is 146 Å². The van der Waals surface area contributed by atoms with Gasteiger partial charge in [-0.05, 0) is 46.2 Å². The molecule has 5 nitrogen and oxygen atoms in total. The second kappa shape index (κ2) is 10.2. The Bertz CT molecular complexity index is 2480. The van der Waals surface area contributed by atoms with Crippen molar-refractivity contribution in [3.8, 4) is 45.3 Å². The van der Waals surface area contributed by atoms with Gasteiger partial charge in [0.2, 0.25) is 0 Å². The lowest BCUT2D eigenvalue weighted by Crippen LogP contribution is -2.00. The third-order valence-electron chi connectivity index (χ3n) is 8.43. The van der Waals surface area contributed by atoms with E-state index >= 15 is 0 Å². The number of hydrogen-bond acceptors (Lipinski definition) is 5. The van der Waals surface area contributed by atoms with Gasteiger partial charge in [-0.1, -0.05) is 109 Å². The minimum atomic E-state index is 0.637. The van der Waals surface area contributed by atoms with Gasteiger partial charge in [0.15, 0.2) is 17.5 Å². The van der Waals surface area contributed by atoms with Gasteiger partial charge >= 0.3 is 0 Å². The molecule has 0 unspecified atom stereocenters. The van der Waals surface area contributed by atoms with Crippen molar-refractivity contribution in [1.29, 1.82) is 0 Å². The molecule has 3 aromatic heterocycles. The fourth-order valence-corrected chi connectivity index (χ4v) is 6.33. The third-order valence-corrected chi connectivity index (χ3v) is 8.43. The first kappa shape index (κ1) is 25.3. The van der Waals surface area contributed by atoms with Crippen molar-refractivity contribution in [3.63, 3.8) is 0 Å². The highest BCUT2D eigenvalue weighted by Crippen LogP contribution is 2.42. The number of fused-ring (bicyclic) bond motifs is 6. The Balaban J connectivity index is 1.28. The number of aromatic nitrogens is 4. The molecule has 9 aromatic rings. The van der Waals surface area contributed by atoms with Crippen LogP contribution in [0.15, 0.2) is 150 Å². The minimum Gasteiger partial charge on any atom is -0.455 e. The van der Waals surface area contributed by atoms with Gasteiger partial charge in [-0.25, -0.2) is 15.0 Å². The molecule has 0 fully saturated rings. The molecule has 6 aromatic carbocycles. The van der Waals surface area contributed by atoms with Gasteiger partial charge in [0.25, 0.3) is 0 Å². The number of pyridine rings is 1. The molecule has 3 heterocycles. The van der Waals surface area contributed by atoms with E-state index in [9.17, 15) is 0 Å². The summed E-state index contributed by atoms with van der Waals surface area (Å²) in [7, 11) is 0. The van der Waals surface area contributed by atoms with Gasteiger partial charge in [-0.15, -0.1) is 0 Å². The van der Waals surface area contributed by atoms with Crippen LogP contribution in [0.1, 0.15) is 0 Å². The largest absolute Gasteiger partial charge is 0.455 e. The standard InChI is InChI=1S/C40H24N4O/c1-3-10-25(11-4-1)38-42-39(26-12-5-2-6-13-26)44-40(43-38)33-21-20-31(29-14-7-8-15-30(29)33)32-16-9-17-35-36(32)34-19-18-27-24-41-23-22-28(27)37(34)45-35/h1-24H. The van der Waals surface area contributed by atoms with Crippen molar-refractivity contribution in [2.45, 2.75) is 0 Å². The molecule has 0 saturated heterocycles. The average Bonchev–Trinajstić information content (AvgIpc) is 3.51. The lowest BCUT2D eigenvalue weighted by molar-refractivity contribution is 0.672. The molecule has 9 rings (SSSR count). The third kappa shape index (κ3) is 4.17. The fraction of sp³-hybridized carbons (Fsp3) is 0. The lowest BCUT2D eigenvalue weighted by atomic mass is 9.92. The van der Waals surface area contributed by atoms with Crippen molar-refractivity contribution in [2.75, 3.05) is 0 Å². The second-order valence-corrected chi connectivity index (χ2v) is 11.1. The Hall–Kier alpha value is -6.20. The maximum atomic E-state index is 6.49. The molecule has 0 N–H and O–H groups in total. The van der Waals surface area contributed by atoms with Gasteiger partial charge in [0.1, 0.15) is 11.2 Å². The van der Waals surface area contributed by atoms with Gasteiger partial charge in [0, 0.05) is 50.6 Å². The number of furan rings is 1. The maximum absolute atomic E-state index is 6.49. The van der Waals surface area contributed by atoms with Crippen molar-refractivity contribution in [2.24, 2.45) is 0 Å². The normalized spacial score (nSPS) is 11.6. The first-order chi connectivity index (χ1) is 22.3. The quantitative estimate of drug-likeness (QED) is 0.209. The van der Waals surface area contributed by atoms with E-state index in [1.165, 1.54) is 0 Å². The topological polar surface area (TPSA) is 64.7 Å². The van der Waals surface area contributed by atoms with Crippen molar-refractivity contribution >= 4 is 43.5 Å². The molecule has 0 spiro atoms. The molecule has 0 amide bonds. The summed E-state index contributed by atoms with van der Waals surface area (Å²) in [5.41, 5.74) is 6.82. The van der Waals surface area contributed by atoms with Crippen LogP contribution in [0.3, 0.4) is 0 Å². The van der Waals surface area contributed by atoms with Gasteiger partial charge in [-0.3, -0.25) is 4.98 Å². The highest BCUT2D eigenvalue weighted by Gasteiger charge is 2.19. The lowest BCUT2D eigenvalue weighted by Gasteiger charge is -2.13. The monoisotopic (exact) mass is 576 g/mol. The van der Waals surface area contributed by atoms with Gasteiger partial charge in [0.05, 0.1) is 0 Å². The zero-order valence-electron chi connectivity index (χ0n) is 24.1. The van der Waals surface area contributed by atoms with E-state index in [1.54, 1.807) is 0 Å². The van der Waals surface area contributed by atoms with E-state index < -0.39 is 0 Å². The van der Waals surface area contributed by atoms with Crippen LogP contribution in [-0.2, 0) is 0 Å². The summed E-state index contributed by atoms with van der Waals surface area (Å²) >= 11 is 0. The number of nitrogens with zero attached hydrogens (tertiary/aromatic N) is 4. The first-order valence-electron chi connectivity index (χ1n) is 14.9. The maximum Gasteiger partial charge on any atom is 0.164 e. The summed E-state index contributed by atoms with van der Waals surface area (Å²) < 4.78 is 6.49. The van der Waals surface area contributed by atoms with Gasteiger partial charge < -0.3 is 4.42 Å². The molecule has 0 aliphatic rings. The van der Waals surface area contributed by atoms with E-state index in [0.717, 1.165) is 71.3 Å². The first-order valence-corrected chi connectivity index (χ1v) is 14.9. The number of rotatable bonds is 4. The van der Waals surface area contributed by atoms with E-state index in [-0.39, 0.29) is 0 Å². The highest BCUT2D eigenvalue weighted by molar-refractivity contribution is 6.20. The van der Waals surface area contributed by atoms with Crippen LogP contribution < -0.4 is 0 Å². The minimum absolute atomic E-state index is 0.637. The van der Waals surface area contributed by atoms with E-state index in [0.29, 0.717) is 17.5 Å². The van der Waals surface area contributed by atoms with Crippen molar-refractivity contribution in [1.82, 2.24) is 19.9 Å². The Kier molecular flexibility index (Phi) is 5.74. The molecule has 0 bridgehead atoms. The van der Waals surface area contributed by atoms with Crippen molar-refractivity contribution < 1.29 is 4.42 Å². The van der Waals surface area contributed by atoms with E-state index in [1.807, 2.05) is 85.2 Å². The van der Waals surface area contributed by atoms with Crippen LogP contribution in [0.5, 0.6) is 0 Å². The highest BCUT2D eigenvalue weighted by atomic mass is 16.3. The Morgan fingerprint density at radius 3 is 1.80 bits per heavy atom. The van der Waals surface area contributed by atoms with Crippen LogP contribution in [-0.4, -0.2) is 19.9 Å². The second-order valence-electron chi connectivity index (χ2n) is 11.1. The Labute approximate surface area is 258 Å². The molecular weight excluding hydrogens is 552 g/mol. The molecule has 45 heavy (non-hydrogen) atoms. The summed E-state index contributed by atoms with van der Waals surface area (Å²) in [6.45, 7) is 0. The van der Waals surface area contributed by atoms with Crippen LogP contribution in [0, 0.1) is 0 Å². The molecule has 0 aliphatic carbocycles. The van der Waals surface area contributed by atoms with Crippen LogP contribution in [0.4, 0.5) is 0 Å². The average molecular weight is 577 g/mol. The zero-order valence-corrected chi connectivity index (χ0v) is 24.1. The Morgan fingerprint density at radius 1 is 0.422 bits per heavy atom. The molecular formula is C40H24N4O. The summed E-state index contributed by atoms with van der Waals surface area (Å²) in [6.07, 6.45) is 3.69. The molecule has 0 radical (unpaired) electrons. The predicted octanol–water partition coefficient (Wildman–Crippen LogP) is 10.1. The van der Waals surface area contributed by atoms with E-state index in [2.05, 4.69) is 65.6 Å². The Morgan fingerprint density at radius 2 is 1.07 bits per heavy atom. The fourth-order valence-electron chi connectivity index (χ4n) is 6.33. The molecule has 210 valence electrons. The summed E-state index contributed by atoms with van der Waals surface area (Å²) in [5.74, 6) is 1.92. The SMILES string of the molecule is c1ccc(-c2nc(-c3ccccc3)nc(-c3ccc(-c4cccc5oc6c7ccncc7ccc6c45)c4ccccc34)n2)cc1. The summed E-state index contributed by atoms with van der Waals surface area (Å²) in [4.78, 5) is 19.2. The number of hydrogen-bond donors (Lipinski definition) is 0. The van der Waals surface area contributed by atoms with E-state index in [4.69, 9.17) is 19.4 Å². The zero-order chi connectivity index (χ0) is 29.7. The molecule has 0 atom stereocenters. The smallest absolute Gasteiger partial charge is 0.164 e. The van der Waals surface area contributed by atoms with Crippen LogP contribution >= 0.6 is 0 Å².